The van der Waals surface area contributed by atoms with Gasteiger partial charge in [0.05, 0.1) is 4.90 Å². The molecule has 2 aromatic rings. The van der Waals surface area contributed by atoms with Crippen LogP contribution in [0.3, 0.4) is 0 Å². The predicted molar refractivity (Wildman–Crippen MR) is 123 cm³/mol. The fourth-order valence-electron chi connectivity index (χ4n) is 4.47. The molecule has 8 heteroatoms. The van der Waals surface area contributed by atoms with Crippen LogP contribution >= 0.6 is 0 Å². The van der Waals surface area contributed by atoms with Gasteiger partial charge in [-0.3, -0.25) is 9.59 Å². The normalized spacial score (nSPS) is 19.5. The Morgan fingerprint density at radius 2 is 1.59 bits per heavy atom. The summed E-state index contributed by atoms with van der Waals surface area (Å²) in [5, 5.41) is 0. The number of hydrogen-bond acceptors (Lipinski definition) is 5. The number of hydrogen-bond donors (Lipinski definition) is 0. The number of carbonyl (C=O) groups excluding carboxylic acids is 2. The molecule has 32 heavy (non-hydrogen) atoms. The van der Waals surface area contributed by atoms with Gasteiger partial charge >= 0.3 is 0 Å². The SMILES string of the molecule is Cc1ccc(S(=O)(=O)N2C(=O)CC[C@@H]2C(=O)N2CCN(c3cccc(C)c3C)CC2)cc1. The van der Waals surface area contributed by atoms with Crippen LogP contribution < -0.4 is 4.90 Å². The van der Waals surface area contributed by atoms with Gasteiger partial charge in [-0.1, -0.05) is 29.8 Å². The Hall–Kier alpha value is -2.87. The highest BCUT2D eigenvalue weighted by Gasteiger charge is 2.45. The molecule has 0 saturated carbocycles. The van der Waals surface area contributed by atoms with Gasteiger partial charge in [0.15, 0.2) is 0 Å². The quantitative estimate of drug-likeness (QED) is 0.708. The molecule has 0 aromatic heterocycles. The Kier molecular flexibility index (Phi) is 5.99. The van der Waals surface area contributed by atoms with Crippen molar-refractivity contribution < 1.29 is 18.0 Å². The third-order valence-electron chi connectivity index (χ3n) is 6.53. The van der Waals surface area contributed by atoms with Gasteiger partial charge in [0.25, 0.3) is 10.0 Å². The molecule has 2 heterocycles. The Bertz CT molecular complexity index is 1140. The lowest BCUT2D eigenvalue weighted by atomic mass is 10.1. The van der Waals surface area contributed by atoms with Gasteiger partial charge in [0, 0.05) is 38.3 Å². The van der Waals surface area contributed by atoms with Crippen molar-refractivity contribution >= 4 is 27.5 Å². The molecule has 4 rings (SSSR count). The van der Waals surface area contributed by atoms with Crippen LogP contribution in [0.4, 0.5) is 5.69 Å². The average Bonchev–Trinajstić information content (AvgIpc) is 3.18. The highest BCUT2D eigenvalue weighted by Crippen LogP contribution is 2.30. The first-order chi connectivity index (χ1) is 15.2. The molecule has 2 aromatic carbocycles. The largest absolute Gasteiger partial charge is 0.368 e. The predicted octanol–water partition coefficient (Wildman–Crippen LogP) is 2.64. The van der Waals surface area contributed by atoms with Gasteiger partial charge in [0.2, 0.25) is 11.8 Å². The smallest absolute Gasteiger partial charge is 0.267 e. The second-order valence-electron chi connectivity index (χ2n) is 8.59. The van der Waals surface area contributed by atoms with Gasteiger partial charge in [-0.15, -0.1) is 0 Å². The van der Waals surface area contributed by atoms with Crippen molar-refractivity contribution in [3.63, 3.8) is 0 Å². The second kappa shape index (κ2) is 8.58. The maximum Gasteiger partial charge on any atom is 0.267 e. The summed E-state index contributed by atoms with van der Waals surface area (Å²) in [4.78, 5) is 29.8. The first-order valence-electron chi connectivity index (χ1n) is 10.9. The van der Waals surface area contributed by atoms with E-state index in [1.54, 1.807) is 17.0 Å². The molecule has 0 unspecified atom stereocenters. The van der Waals surface area contributed by atoms with E-state index in [-0.39, 0.29) is 23.6 Å². The maximum absolute atomic E-state index is 13.3. The van der Waals surface area contributed by atoms with Crippen LogP contribution in [0.1, 0.15) is 29.5 Å². The van der Waals surface area contributed by atoms with Crippen LogP contribution in [0.25, 0.3) is 0 Å². The summed E-state index contributed by atoms with van der Waals surface area (Å²) < 4.78 is 27.2. The van der Waals surface area contributed by atoms with Crippen LogP contribution in [-0.2, 0) is 19.6 Å². The summed E-state index contributed by atoms with van der Waals surface area (Å²) in [6.45, 7) is 8.37. The molecule has 0 aliphatic carbocycles. The second-order valence-corrected chi connectivity index (χ2v) is 10.4. The summed E-state index contributed by atoms with van der Waals surface area (Å²) in [6.07, 6.45) is 0.282. The van der Waals surface area contributed by atoms with Crippen LogP contribution in [0.2, 0.25) is 0 Å². The van der Waals surface area contributed by atoms with E-state index in [0.717, 1.165) is 15.6 Å². The van der Waals surface area contributed by atoms with Gasteiger partial charge in [-0.25, -0.2) is 12.7 Å². The molecular weight excluding hydrogens is 426 g/mol. The van der Waals surface area contributed by atoms with E-state index >= 15 is 0 Å². The number of amides is 2. The lowest BCUT2D eigenvalue weighted by Crippen LogP contribution is -2.55. The number of rotatable bonds is 4. The van der Waals surface area contributed by atoms with Gasteiger partial charge in [-0.2, -0.15) is 0 Å². The number of sulfonamides is 1. The molecule has 170 valence electrons. The number of anilines is 1. The zero-order valence-corrected chi connectivity index (χ0v) is 19.6. The molecule has 2 fully saturated rings. The van der Waals surface area contributed by atoms with E-state index in [1.165, 1.54) is 23.3 Å². The topological polar surface area (TPSA) is 78.0 Å². The minimum atomic E-state index is -4.08. The summed E-state index contributed by atoms with van der Waals surface area (Å²) in [6, 6.07) is 11.6. The molecule has 2 aliphatic heterocycles. The summed E-state index contributed by atoms with van der Waals surface area (Å²) in [5.41, 5.74) is 4.54. The number of benzene rings is 2. The Morgan fingerprint density at radius 3 is 2.25 bits per heavy atom. The minimum absolute atomic E-state index is 0.0379. The molecular formula is C24H29N3O4S. The maximum atomic E-state index is 13.3. The van der Waals surface area contributed by atoms with E-state index in [2.05, 4.69) is 30.9 Å². The van der Waals surface area contributed by atoms with Crippen molar-refractivity contribution in [3.05, 3.63) is 59.2 Å². The molecule has 0 spiro atoms. The zero-order chi connectivity index (χ0) is 23.0. The molecule has 2 saturated heterocycles. The standard InChI is InChI=1S/C24H29N3O4S/c1-17-7-9-20(10-8-17)32(30,31)27-22(11-12-23(27)28)24(29)26-15-13-25(14-16-26)21-6-4-5-18(2)19(21)3/h4-10,22H,11-16H2,1-3H3/t22-/m1/s1. The zero-order valence-electron chi connectivity index (χ0n) is 18.7. The first-order valence-corrected chi connectivity index (χ1v) is 12.4. The highest BCUT2D eigenvalue weighted by molar-refractivity contribution is 7.89. The van der Waals surface area contributed by atoms with Crippen molar-refractivity contribution in [1.82, 2.24) is 9.21 Å². The van der Waals surface area contributed by atoms with Crippen molar-refractivity contribution in [3.8, 4) is 0 Å². The minimum Gasteiger partial charge on any atom is -0.368 e. The van der Waals surface area contributed by atoms with Crippen LogP contribution in [-0.4, -0.2) is 61.7 Å². The van der Waals surface area contributed by atoms with Crippen LogP contribution in [0.15, 0.2) is 47.4 Å². The van der Waals surface area contributed by atoms with Gasteiger partial charge in [-0.05, 0) is 56.5 Å². The molecule has 0 bridgehead atoms. The Labute approximate surface area is 189 Å². The first kappa shape index (κ1) is 22.3. The molecule has 0 N–H and O–H groups in total. The molecule has 2 amide bonds. The van der Waals surface area contributed by atoms with Gasteiger partial charge in [0.1, 0.15) is 6.04 Å². The number of aryl methyl sites for hydroxylation is 2. The highest BCUT2D eigenvalue weighted by atomic mass is 32.2. The molecule has 7 nitrogen and oxygen atoms in total. The fraction of sp³-hybridized carbons (Fsp3) is 0.417. The summed E-state index contributed by atoms with van der Waals surface area (Å²) in [5.74, 6) is -0.801. The summed E-state index contributed by atoms with van der Waals surface area (Å²) >= 11 is 0. The number of carbonyl (C=O) groups is 2. The average molecular weight is 456 g/mol. The molecule has 2 aliphatic rings. The monoisotopic (exact) mass is 455 g/mol. The van der Waals surface area contributed by atoms with Crippen molar-refractivity contribution in [2.75, 3.05) is 31.1 Å². The van der Waals surface area contributed by atoms with E-state index in [1.807, 2.05) is 13.0 Å². The van der Waals surface area contributed by atoms with Crippen molar-refractivity contribution in [2.24, 2.45) is 0 Å². The van der Waals surface area contributed by atoms with E-state index in [9.17, 15) is 18.0 Å². The number of piperazine rings is 1. The molecule has 1 atom stereocenters. The van der Waals surface area contributed by atoms with E-state index < -0.39 is 22.0 Å². The Balaban J connectivity index is 1.50. The van der Waals surface area contributed by atoms with Crippen LogP contribution in [0.5, 0.6) is 0 Å². The number of nitrogens with zero attached hydrogens (tertiary/aromatic N) is 3. The summed E-state index contributed by atoms with van der Waals surface area (Å²) in [7, 11) is -4.08. The van der Waals surface area contributed by atoms with Crippen molar-refractivity contribution in [2.45, 2.75) is 44.6 Å². The Morgan fingerprint density at radius 1 is 0.938 bits per heavy atom. The van der Waals surface area contributed by atoms with Crippen molar-refractivity contribution in [1.29, 1.82) is 0 Å². The third-order valence-corrected chi connectivity index (χ3v) is 8.38. The van der Waals surface area contributed by atoms with Crippen LogP contribution in [0, 0.1) is 20.8 Å². The third kappa shape index (κ3) is 3.99. The fourth-order valence-corrected chi connectivity index (χ4v) is 6.06. The lowest BCUT2D eigenvalue weighted by Gasteiger charge is -2.38. The lowest BCUT2D eigenvalue weighted by molar-refractivity contribution is -0.138. The van der Waals surface area contributed by atoms with E-state index in [4.69, 9.17) is 0 Å². The molecule has 0 radical (unpaired) electrons. The van der Waals surface area contributed by atoms with E-state index in [0.29, 0.717) is 26.2 Å². The van der Waals surface area contributed by atoms with Gasteiger partial charge < -0.3 is 9.80 Å².